The molecule has 13 heteroatoms. The van der Waals surface area contributed by atoms with Gasteiger partial charge in [-0.3, -0.25) is 9.59 Å². The molecule has 1 aliphatic heterocycles. The van der Waals surface area contributed by atoms with Crippen LogP contribution in [0.25, 0.3) is 0 Å². The number of halogens is 6. The predicted octanol–water partition coefficient (Wildman–Crippen LogP) is 3.49. The van der Waals surface area contributed by atoms with Crippen LogP contribution in [0.2, 0.25) is 0 Å². The molecule has 0 saturated carbocycles. The summed E-state index contributed by atoms with van der Waals surface area (Å²) < 4.78 is 81.4. The average molecular weight is 511 g/mol. The number of hydrogen-bond acceptors (Lipinski definition) is 4. The molecule has 3 aromatic rings. The van der Waals surface area contributed by atoms with E-state index < -0.39 is 47.3 Å². The Balaban J connectivity index is 1.52. The Bertz CT molecular complexity index is 1280. The van der Waals surface area contributed by atoms with Crippen LogP contribution in [0, 0.1) is 17.5 Å². The second kappa shape index (κ2) is 9.99. The van der Waals surface area contributed by atoms with E-state index in [9.17, 15) is 35.9 Å². The monoisotopic (exact) mass is 511 g/mol. The van der Waals surface area contributed by atoms with Gasteiger partial charge in [0.05, 0.1) is 6.54 Å². The smallest absolute Gasteiger partial charge is 0.348 e. The first-order chi connectivity index (χ1) is 17.0. The zero-order valence-electron chi connectivity index (χ0n) is 18.5. The first kappa shape index (κ1) is 25.2. The largest absolute Gasteiger partial charge is 0.451 e. The summed E-state index contributed by atoms with van der Waals surface area (Å²) in [5, 5.41) is 9.29. The van der Waals surface area contributed by atoms with Gasteiger partial charge < -0.3 is 14.8 Å². The third kappa shape index (κ3) is 5.50. The van der Waals surface area contributed by atoms with Gasteiger partial charge in [0.25, 0.3) is 5.91 Å². The zero-order valence-corrected chi connectivity index (χ0v) is 18.5. The molecule has 2 aromatic carbocycles. The van der Waals surface area contributed by atoms with E-state index >= 15 is 0 Å². The minimum absolute atomic E-state index is 0.0570. The van der Waals surface area contributed by atoms with Crippen molar-refractivity contribution in [1.82, 2.24) is 25.0 Å². The van der Waals surface area contributed by atoms with Gasteiger partial charge in [0.1, 0.15) is 5.82 Å². The van der Waals surface area contributed by atoms with Crippen LogP contribution in [0.1, 0.15) is 34.0 Å². The molecular formula is C23H19F6N5O2. The normalized spacial score (nSPS) is 14.3. The van der Waals surface area contributed by atoms with Crippen LogP contribution >= 0.6 is 0 Å². The van der Waals surface area contributed by atoms with E-state index in [1.54, 1.807) is 18.2 Å². The number of fused-ring (bicyclic) bond motifs is 1. The van der Waals surface area contributed by atoms with Gasteiger partial charge in [-0.2, -0.15) is 13.2 Å². The molecule has 1 aliphatic rings. The molecule has 1 N–H and O–H groups in total. The number of rotatable bonds is 6. The highest BCUT2D eigenvalue weighted by Gasteiger charge is 2.40. The molecule has 0 radical (unpaired) electrons. The third-order valence-electron chi connectivity index (χ3n) is 5.71. The highest BCUT2D eigenvalue weighted by atomic mass is 19.4. The van der Waals surface area contributed by atoms with Crippen LogP contribution in [0.4, 0.5) is 26.3 Å². The number of amides is 2. The average Bonchev–Trinajstić information content (AvgIpc) is 3.27. The summed E-state index contributed by atoms with van der Waals surface area (Å²) in [4.78, 5) is 26.9. The van der Waals surface area contributed by atoms with Crippen molar-refractivity contribution in [2.24, 2.45) is 0 Å². The first-order valence-electron chi connectivity index (χ1n) is 10.8. The molecule has 36 heavy (non-hydrogen) atoms. The minimum Gasteiger partial charge on any atom is -0.348 e. The summed E-state index contributed by atoms with van der Waals surface area (Å²) in [5.41, 5.74) is -0.000250. The Hall–Kier alpha value is -3.90. The van der Waals surface area contributed by atoms with Crippen molar-refractivity contribution in [3.05, 3.63) is 82.7 Å². The summed E-state index contributed by atoms with van der Waals surface area (Å²) in [6, 6.07) is 7.94. The SMILES string of the molecule is O=C(N[C@@H](CC(=O)N1CCn2c(nnc2C(F)(F)F)C1)Cc1cc(F)c(F)cc1F)c1ccccc1. The lowest BCUT2D eigenvalue weighted by Gasteiger charge is -2.29. The van der Waals surface area contributed by atoms with Gasteiger partial charge in [0.2, 0.25) is 11.7 Å². The van der Waals surface area contributed by atoms with E-state index in [0.717, 1.165) is 4.57 Å². The molecule has 190 valence electrons. The predicted molar refractivity (Wildman–Crippen MR) is 113 cm³/mol. The van der Waals surface area contributed by atoms with Gasteiger partial charge in [-0.05, 0) is 30.2 Å². The number of nitrogens with zero attached hydrogens (tertiary/aromatic N) is 4. The summed E-state index contributed by atoms with van der Waals surface area (Å²) in [5.74, 6) is -6.07. The summed E-state index contributed by atoms with van der Waals surface area (Å²) in [7, 11) is 0. The molecule has 1 aromatic heterocycles. The summed E-state index contributed by atoms with van der Waals surface area (Å²) in [6.07, 6.45) is -5.41. The lowest BCUT2D eigenvalue weighted by Crippen LogP contribution is -2.44. The second-order valence-corrected chi connectivity index (χ2v) is 8.21. The molecule has 2 heterocycles. The number of benzene rings is 2. The number of hydrogen-bond donors (Lipinski definition) is 1. The molecule has 0 bridgehead atoms. The molecule has 0 fully saturated rings. The fourth-order valence-electron chi connectivity index (χ4n) is 3.94. The van der Waals surface area contributed by atoms with E-state index in [1.807, 2.05) is 0 Å². The Morgan fingerprint density at radius 1 is 0.972 bits per heavy atom. The van der Waals surface area contributed by atoms with Crippen molar-refractivity contribution < 1.29 is 35.9 Å². The highest BCUT2D eigenvalue weighted by molar-refractivity contribution is 5.94. The van der Waals surface area contributed by atoms with Gasteiger partial charge in [-0.15, -0.1) is 10.2 Å². The Morgan fingerprint density at radius 3 is 2.36 bits per heavy atom. The maximum atomic E-state index is 14.3. The van der Waals surface area contributed by atoms with Crippen LogP contribution in [0.15, 0.2) is 42.5 Å². The van der Waals surface area contributed by atoms with E-state index in [4.69, 9.17) is 0 Å². The van der Waals surface area contributed by atoms with Gasteiger partial charge >= 0.3 is 6.18 Å². The van der Waals surface area contributed by atoms with E-state index in [1.165, 1.54) is 17.0 Å². The van der Waals surface area contributed by atoms with E-state index in [2.05, 4.69) is 15.5 Å². The van der Waals surface area contributed by atoms with Crippen molar-refractivity contribution in [2.45, 2.75) is 38.1 Å². The number of nitrogens with one attached hydrogen (secondary N) is 1. The molecule has 0 aliphatic carbocycles. The van der Waals surface area contributed by atoms with Crippen LogP contribution < -0.4 is 5.32 Å². The van der Waals surface area contributed by atoms with Gasteiger partial charge in [0, 0.05) is 37.2 Å². The van der Waals surface area contributed by atoms with Gasteiger partial charge in [0.15, 0.2) is 17.5 Å². The molecule has 4 rings (SSSR count). The summed E-state index contributed by atoms with van der Waals surface area (Å²) in [6.45, 7) is -0.519. The first-order valence-corrected chi connectivity index (χ1v) is 10.8. The molecular weight excluding hydrogens is 492 g/mol. The lowest BCUT2D eigenvalue weighted by molar-refractivity contribution is -0.148. The van der Waals surface area contributed by atoms with Crippen molar-refractivity contribution in [1.29, 1.82) is 0 Å². The topological polar surface area (TPSA) is 80.1 Å². The van der Waals surface area contributed by atoms with Crippen LogP contribution in [-0.4, -0.2) is 44.1 Å². The van der Waals surface area contributed by atoms with Crippen LogP contribution in [-0.2, 0) is 30.5 Å². The number of aromatic nitrogens is 3. The van der Waals surface area contributed by atoms with Crippen molar-refractivity contribution in [3.8, 4) is 0 Å². The molecule has 2 amide bonds. The van der Waals surface area contributed by atoms with Gasteiger partial charge in [-0.25, -0.2) is 13.2 Å². The fraction of sp³-hybridized carbons (Fsp3) is 0.304. The fourth-order valence-corrected chi connectivity index (χ4v) is 3.94. The lowest BCUT2D eigenvalue weighted by atomic mass is 10.0. The quantitative estimate of drug-likeness (QED) is 0.406. The molecule has 0 spiro atoms. The Labute approximate surface area is 200 Å². The summed E-state index contributed by atoms with van der Waals surface area (Å²) >= 11 is 0. The molecule has 0 unspecified atom stereocenters. The zero-order chi connectivity index (χ0) is 26.0. The molecule has 1 atom stereocenters. The standard InChI is InChI=1S/C23H19F6N5O2/c24-16-11-18(26)17(25)9-14(16)8-15(30-21(36)13-4-2-1-3-5-13)10-20(35)33-6-7-34-19(12-33)31-32-22(34)23(27,28)29/h1-5,9,11,15H,6-8,10,12H2,(H,30,36)/t15-/m1/s1. The Kier molecular flexibility index (Phi) is 7.00. The second-order valence-electron chi connectivity index (χ2n) is 8.21. The van der Waals surface area contributed by atoms with Gasteiger partial charge in [-0.1, -0.05) is 18.2 Å². The number of carbonyl (C=O) groups is 2. The highest BCUT2D eigenvalue weighted by Crippen LogP contribution is 2.29. The molecule has 7 nitrogen and oxygen atoms in total. The molecule has 0 saturated heterocycles. The van der Waals surface area contributed by atoms with E-state index in [-0.39, 0.29) is 49.4 Å². The minimum atomic E-state index is -4.70. The Morgan fingerprint density at radius 2 is 1.67 bits per heavy atom. The van der Waals surface area contributed by atoms with Crippen LogP contribution in [0.3, 0.4) is 0 Å². The van der Waals surface area contributed by atoms with Crippen molar-refractivity contribution >= 4 is 11.8 Å². The van der Waals surface area contributed by atoms with Crippen molar-refractivity contribution in [3.63, 3.8) is 0 Å². The van der Waals surface area contributed by atoms with Crippen molar-refractivity contribution in [2.75, 3.05) is 6.54 Å². The van der Waals surface area contributed by atoms with Crippen LogP contribution in [0.5, 0.6) is 0 Å². The van der Waals surface area contributed by atoms with E-state index in [0.29, 0.717) is 12.1 Å². The maximum absolute atomic E-state index is 14.3. The maximum Gasteiger partial charge on any atom is 0.451 e. The number of carbonyl (C=O) groups excluding carboxylic acids is 2. The number of alkyl halides is 3. The third-order valence-corrected chi connectivity index (χ3v) is 5.71.